The van der Waals surface area contributed by atoms with Gasteiger partial charge in [-0.3, -0.25) is 0 Å². The molecule has 4 aliphatic rings. The summed E-state index contributed by atoms with van der Waals surface area (Å²) in [6, 6.07) is 2.48. The van der Waals surface area contributed by atoms with Crippen LogP contribution in [-0.4, -0.2) is 59.3 Å². The third kappa shape index (κ3) is 7.65. The summed E-state index contributed by atoms with van der Waals surface area (Å²) in [5.74, 6) is 2.11. The van der Waals surface area contributed by atoms with Gasteiger partial charge in [-0.25, -0.2) is 15.1 Å². The van der Waals surface area contributed by atoms with Crippen LogP contribution < -0.4 is 4.90 Å². The lowest BCUT2D eigenvalue weighted by Crippen LogP contribution is -2.59. The average molecular weight is 459 g/mol. The van der Waals surface area contributed by atoms with Gasteiger partial charge >= 0.3 is 0 Å². The number of aliphatic hydroxyl groups is 1. The van der Waals surface area contributed by atoms with E-state index in [1.165, 1.54) is 43.2 Å². The smallest absolute Gasteiger partial charge is 0.216 e. The van der Waals surface area contributed by atoms with Crippen molar-refractivity contribution in [3.8, 4) is 6.57 Å². The van der Waals surface area contributed by atoms with Crippen LogP contribution in [0.25, 0.3) is 0 Å². The van der Waals surface area contributed by atoms with Gasteiger partial charge in [-0.1, -0.05) is 33.1 Å². The maximum atomic E-state index is 10.6. The molecule has 1 aromatic rings. The van der Waals surface area contributed by atoms with Crippen LogP contribution in [0.15, 0.2) is 12.3 Å². The molecule has 5 rings (SSSR count). The Morgan fingerprint density at radius 3 is 2.52 bits per heavy atom. The van der Waals surface area contributed by atoms with Crippen molar-refractivity contribution in [2.75, 3.05) is 31.1 Å². The van der Waals surface area contributed by atoms with Crippen molar-refractivity contribution < 1.29 is 14.6 Å². The normalized spacial score (nSPS) is 24.6. The second-order valence-corrected chi connectivity index (χ2v) is 10.7. The first-order valence-electron chi connectivity index (χ1n) is 12.5. The molecule has 1 unspecified atom stereocenters. The van der Waals surface area contributed by atoms with E-state index in [1.807, 2.05) is 6.20 Å². The molecule has 0 bridgehead atoms. The monoisotopic (exact) mass is 458 g/mol. The van der Waals surface area contributed by atoms with Crippen molar-refractivity contribution >= 4 is 5.82 Å². The minimum atomic E-state index is -0.801. The van der Waals surface area contributed by atoms with Gasteiger partial charge in [0.15, 0.2) is 0 Å². The third-order valence-corrected chi connectivity index (χ3v) is 6.67. The zero-order chi connectivity index (χ0) is 24.0. The van der Waals surface area contributed by atoms with E-state index in [4.69, 9.17) is 19.7 Å². The van der Waals surface area contributed by atoms with Gasteiger partial charge in [0, 0.05) is 44.9 Å². The highest BCUT2D eigenvalue weighted by Gasteiger charge is 2.35. The molecule has 1 saturated heterocycles. The highest BCUT2D eigenvalue weighted by molar-refractivity contribution is 5.45. The summed E-state index contributed by atoms with van der Waals surface area (Å²) in [5, 5.41) is 17.1. The lowest BCUT2D eigenvalue weighted by atomic mass is 9.92. The molecule has 33 heavy (non-hydrogen) atoms. The summed E-state index contributed by atoms with van der Waals surface area (Å²) in [5.41, 5.74) is 2.43. The van der Waals surface area contributed by atoms with E-state index in [0.29, 0.717) is 25.0 Å². The van der Waals surface area contributed by atoms with Crippen molar-refractivity contribution in [2.45, 2.75) is 90.9 Å². The predicted octanol–water partition coefficient (Wildman–Crippen LogP) is 4.09. The second kappa shape index (κ2) is 11.6. The standard InChI is InChI=1S/C22H35N3O3.C3H6.CHN/c1-15(2)19-12-24(7-8-25(19)21(26)27-13-16-5-6-16)20-9-17-10-22(3,4)28-14-18(17)11-23-20;1-2-3-1;1-2/h9,11,15-16,19,21,26H,5-8,10,12-14H2,1-4H3;1-3H2;1H/t19-,21?;;/m0../s1. The summed E-state index contributed by atoms with van der Waals surface area (Å²) in [6.07, 6.45) is 9.06. The van der Waals surface area contributed by atoms with Crippen LogP contribution in [0.3, 0.4) is 0 Å². The number of ether oxygens (including phenoxy) is 2. The van der Waals surface area contributed by atoms with Gasteiger partial charge in [0.05, 0.1) is 18.8 Å². The fourth-order valence-corrected chi connectivity index (χ4v) is 4.27. The number of anilines is 1. The number of pyridine rings is 1. The van der Waals surface area contributed by atoms with Gasteiger partial charge in [0.1, 0.15) is 5.82 Å². The van der Waals surface area contributed by atoms with Gasteiger partial charge in [-0.2, -0.15) is 0 Å². The van der Waals surface area contributed by atoms with Crippen molar-refractivity contribution in [3.05, 3.63) is 23.4 Å². The van der Waals surface area contributed by atoms with Crippen LogP contribution >= 0.6 is 0 Å². The molecule has 2 saturated carbocycles. The van der Waals surface area contributed by atoms with E-state index in [2.05, 4.69) is 50.1 Å². The molecule has 184 valence electrons. The van der Waals surface area contributed by atoms with E-state index in [9.17, 15) is 5.11 Å². The fraction of sp³-hybridized carbons (Fsp3) is 0.769. The number of hydrogen-bond donors (Lipinski definition) is 1. The van der Waals surface area contributed by atoms with Crippen LogP contribution in [-0.2, 0) is 22.5 Å². The first-order chi connectivity index (χ1) is 15.8. The molecule has 7 nitrogen and oxygen atoms in total. The minimum Gasteiger partial charge on any atom is -0.370 e. The molecule has 1 aromatic heterocycles. The summed E-state index contributed by atoms with van der Waals surface area (Å²) in [7, 11) is 0. The van der Waals surface area contributed by atoms with Gasteiger partial charge in [-0.05, 0) is 55.7 Å². The van der Waals surface area contributed by atoms with Gasteiger partial charge < -0.3 is 19.5 Å². The Balaban J connectivity index is 0.000000554. The first-order valence-corrected chi connectivity index (χ1v) is 12.5. The summed E-state index contributed by atoms with van der Waals surface area (Å²) >= 11 is 0. The number of nitriles is 1. The second-order valence-electron chi connectivity index (χ2n) is 10.7. The Labute approximate surface area is 199 Å². The van der Waals surface area contributed by atoms with Crippen LogP contribution in [0.2, 0.25) is 0 Å². The number of piperazine rings is 1. The molecule has 0 aromatic carbocycles. The molecule has 1 N–H and O–H groups in total. The van der Waals surface area contributed by atoms with Crippen molar-refractivity contribution in [3.63, 3.8) is 0 Å². The molecule has 2 aliphatic heterocycles. The summed E-state index contributed by atoms with van der Waals surface area (Å²) in [4.78, 5) is 9.21. The topological polar surface area (TPSA) is 81.9 Å². The Morgan fingerprint density at radius 1 is 1.21 bits per heavy atom. The molecule has 2 aliphatic carbocycles. The Hall–Kier alpha value is -1.72. The van der Waals surface area contributed by atoms with E-state index in [1.54, 1.807) is 0 Å². The van der Waals surface area contributed by atoms with Crippen molar-refractivity contribution in [1.29, 1.82) is 5.26 Å². The molecular formula is C26H42N4O3. The minimum absolute atomic E-state index is 0.117. The van der Waals surface area contributed by atoms with Crippen molar-refractivity contribution in [2.24, 2.45) is 11.8 Å². The number of aliphatic hydroxyl groups excluding tert-OH is 1. The number of hydrogen-bond acceptors (Lipinski definition) is 7. The van der Waals surface area contributed by atoms with Crippen LogP contribution in [0.4, 0.5) is 5.82 Å². The highest BCUT2D eigenvalue weighted by Crippen LogP contribution is 2.32. The van der Waals surface area contributed by atoms with Gasteiger partial charge in [0.2, 0.25) is 6.41 Å². The maximum Gasteiger partial charge on any atom is 0.216 e. The molecule has 0 amide bonds. The van der Waals surface area contributed by atoms with E-state index in [0.717, 1.165) is 31.9 Å². The molecule has 0 radical (unpaired) electrons. The van der Waals surface area contributed by atoms with Crippen LogP contribution in [0.1, 0.15) is 70.9 Å². The molecular weight excluding hydrogens is 416 g/mol. The zero-order valence-corrected chi connectivity index (χ0v) is 20.9. The zero-order valence-electron chi connectivity index (χ0n) is 20.9. The quantitative estimate of drug-likeness (QED) is 0.643. The van der Waals surface area contributed by atoms with Gasteiger partial charge in [0.25, 0.3) is 0 Å². The summed E-state index contributed by atoms with van der Waals surface area (Å²) in [6.45, 7) is 16.0. The summed E-state index contributed by atoms with van der Waals surface area (Å²) < 4.78 is 11.7. The number of aromatic nitrogens is 1. The Bertz CT molecular complexity index is 773. The molecule has 2 atom stereocenters. The van der Waals surface area contributed by atoms with Gasteiger partial charge in [-0.15, -0.1) is 0 Å². The predicted molar refractivity (Wildman–Crippen MR) is 130 cm³/mol. The fourth-order valence-electron chi connectivity index (χ4n) is 4.27. The number of fused-ring (bicyclic) bond motifs is 1. The SMILES string of the molecule is C#N.C1CC1.CC(C)[C@@H]1CN(c2cc3c(cn2)COC(C)(C)C3)CCN1C(O)OCC1CC1. The van der Waals surface area contributed by atoms with Crippen LogP contribution in [0, 0.1) is 23.7 Å². The molecule has 3 fully saturated rings. The van der Waals surface area contributed by atoms with Crippen LogP contribution in [0.5, 0.6) is 0 Å². The largest absolute Gasteiger partial charge is 0.370 e. The molecule has 7 heteroatoms. The Kier molecular flexibility index (Phi) is 9.11. The maximum absolute atomic E-state index is 10.6. The molecule has 3 heterocycles. The lowest BCUT2D eigenvalue weighted by molar-refractivity contribution is -0.213. The first kappa shape index (κ1) is 25.9. The highest BCUT2D eigenvalue weighted by atomic mass is 16.6. The average Bonchev–Trinajstić information content (AvgIpc) is 3.71. The number of rotatable bonds is 6. The third-order valence-electron chi connectivity index (χ3n) is 6.67. The number of nitrogens with zero attached hydrogens (tertiary/aromatic N) is 4. The van der Waals surface area contributed by atoms with E-state index in [-0.39, 0.29) is 11.6 Å². The lowest BCUT2D eigenvalue weighted by Gasteiger charge is -2.45. The Morgan fingerprint density at radius 2 is 1.91 bits per heavy atom. The van der Waals surface area contributed by atoms with E-state index >= 15 is 0 Å². The van der Waals surface area contributed by atoms with E-state index < -0.39 is 6.41 Å². The van der Waals surface area contributed by atoms with Crippen molar-refractivity contribution in [1.82, 2.24) is 9.88 Å². The molecule has 0 spiro atoms.